The summed E-state index contributed by atoms with van der Waals surface area (Å²) in [5.41, 5.74) is 9.65. The zero-order chi connectivity index (χ0) is 15.6. The molecule has 1 fully saturated rings. The summed E-state index contributed by atoms with van der Waals surface area (Å²) in [6.45, 7) is 11.7. The Kier molecular flexibility index (Phi) is 5.14. The summed E-state index contributed by atoms with van der Waals surface area (Å²) in [7, 11) is 0. The van der Waals surface area contributed by atoms with Gasteiger partial charge in [-0.15, -0.1) is 0 Å². The van der Waals surface area contributed by atoms with E-state index in [-0.39, 0.29) is 0 Å². The van der Waals surface area contributed by atoms with Crippen molar-refractivity contribution < 1.29 is 0 Å². The highest BCUT2D eigenvalue weighted by Gasteiger charge is 2.37. The SMILES string of the molecule is CC1CCC(C(C)(C)Cc2ccc(C(C)C)cc2)C(N)C1. The molecule has 2 rings (SSSR count). The summed E-state index contributed by atoms with van der Waals surface area (Å²) in [6, 6.07) is 9.58. The topological polar surface area (TPSA) is 26.0 Å². The third-order valence-corrected chi connectivity index (χ3v) is 5.47. The van der Waals surface area contributed by atoms with Gasteiger partial charge in [0.05, 0.1) is 0 Å². The van der Waals surface area contributed by atoms with Gasteiger partial charge >= 0.3 is 0 Å². The maximum Gasteiger partial charge on any atom is 0.00749 e. The molecule has 0 saturated heterocycles. The number of benzene rings is 1. The summed E-state index contributed by atoms with van der Waals surface area (Å²) >= 11 is 0. The summed E-state index contributed by atoms with van der Waals surface area (Å²) < 4.78 is 0. The van der Waals surface area contributed by atoms with Crippen LogP contribution in [0, 0.1) is 17.3 Å². The van der Waals surface area contributed by atoms with Crippen LogP contribution >= 0.6 is 0 Å². The van der Waals surface area contributed by atoms with Gasteiger partial charge in [-0.05, 0) is 53.6 Å². The van der Waals surface area contributed by atoms with E-state index < -0.39 is 0 Å². The Morgan fingerprint density at radius 3 is 2.29 bits per heavy atom. The van der Waals surface area contributed by atoms with Crippen molar-refractivity contribution in [3.8, 4) is 0 Å². The molecule has 0 aromatic heterocycles. The zero-order valence-electron chi connectivity index (χ0n) is 14.5. The van der Waals surface area contributed by atoms with E-state index in [0.717, 1.165) is 12.3 Å². The molecule has 0 heterocycles. The van der Waals surface area contributed by atoms with Crippen LogP contribution in [0.25, 0.3) is 0 Å². The maximum absolute atomic E-state index is 6.47. The largest absolute Gasteiger partial charge is 0.327 e. The molecule has 21 heavy (non-hydrogen) atoms. The van der Waals surface area contributed by atoms with Crippen molar-refractivity contribution in [1.29, 1.82) is 0 Å². The van der Waals surface area contributed by atoms with Gasteiger partial charge in [-0.25, -0.2) is 0 Å². The molecule has 2 N–H and O–H groups in total. The van der Waals surface area contributed by atoms with Crippen LogP contribution < -0.4 is 5.73 Å². The van der Waals surface area contributed by atoms with Crippen LogP contribution in [0.4, 0.5) is 0 Å². The van der Waals surface area contributed by atoms with Gasteiger partial charge in [-0.3, -0.25) is 0 Å². The first-order valence-corrected chi connectivity index (χ1v) is 8.64. The van der Waals surface area contributed by atoms with Gasteiger partial charge in [-0.2, -0.15) is 0 Å². The Hall–Kier alpha value is -0.820. The van der Waals surface area contributed by atoms with E-state index in [1.807, 2.05) is 0 Å². The average Bonchev–Trinajstić information content (AvgIpc) is 2.38. The van der Waals surface area contributed by atoms with E-state index in [0.29, 0.717) is 23.3 Å². The Morgan fingerprint density at radius 1 is 1.14 bits per heavy atom. The van der Waals surface area contributed by atoms with E-state index in [2.05, 4.69) is 58.9 Å². The smallest absolute Gasteiger partial charge is 0.00749 e. The Labute approximate surface area is 131 Å². The molecule has 0 amide bonds. The van der Waals surface area contributed by atoms with Gasteiger partial charge in [-0.1, -0.05) is 65.3 Å². The molecule has 1 aromatic rings. The van der Waals surface area contributed by atoms with Crippen LogP contribution in [0.5, 0.6) is 0 Å². The lowest BCUT2D eigenvalue weighted by Gasteiger charge is -2.43. The van der Waals surface area contributed by atoms with Crippen molar-refractivity contribution in [2.24, 2.45) is 23.0 Å². The van der Waals surface area contributed by atoms with Gasteiger partial charge in [0.15, 0.2) is 0 Å². The van der Waals surface area contributed by atoms with Crippen molar-refractivity contribution >= 4 is 0 Å². The molecule has 1 aromatic carbocycles. The third kappa shape index (κ3) is 4.10. The molecular formula is C20H33N. The fourth-order valence-electron chi connectivity index (χ4n) is 4.07. The van der Waals surface area contributed by atoms with Crippen LogP contribution in [0.1, 0.15) is 70.9 Å². The standard InChI is InChI=1S/C20H33N/c1-14(2)17-9-7-16(8-10-17)13-20(4,5)18-11-6-15(3)12-19(18)21/h7-10,14-15,18-19H,6,11-13,21H2,1-5H3. The quantitative estimate of drug-likeness (QED) is 0.815. The first-order valence-electron chi connectivity index (χ1n) is 8.64. The Morgan fingerprint density at radius 2 is 1.76 bits per heavy atom. The molecule has 1 saturated carbocycles. The van der Waals surface area contributed by atoms with Gasteiger partial charge in [0.2, 0.25) is 0 Å². The van der Waals surface area contributed by atoms with E-state index in [9.17, 15) is 0 Å². The van der Waals surface area contributed by atoms with Gasteiger partial charge in [0.25, 0.3) is 0 Å². The van der Waals surface area contributed by atoms with E-state index in [1.165, 1.54) is 30.4 Å². The van der Waals surface area contributed by atoms with Crippen LogP contribution in [0.2, 0.25) is 0 Å². The number of hydrogen-bond donors (Lipinski definition) is 1. The summed E-state index contributed by atoms with van der Waals surface area (Å²) in [5, 5.41) is 0. The predicted molar refractivity (Wildman–Crippen MR) is 92.5 cm³/mol. The summed E-state index contributed by atoms with van der Waals surface area (Å²) in [5.74, 6) is 2.07. The number of hydrogen-bond acceptors (Lipinski definition) is 1. The van der Waals surface area contributed by atoms with E-state index >= 15 is 0 Å². The highest BCUT2D eigenvalue weighted by molar-refractivity contribution is 5.25. The normalized spacial score (nSPS) is 27.1. The molecule has 1 aliphatic rings. The predicted octanol–water partition coefficient (Wildman–Crippen LogP) is 5.14. The number of rotatable bonds is 4. The molecule has 0 aliphatic heterocycles. The highest BCUT2D eigenvalue weighted by atomic mass is 14.7. The second-order valence-corrected chi connectivity index (χ2v) is 8.25. The van der Waals surface area contributed by atoms with Crippen molar-refractivity contribution in [1.82, 2.24) is 0 Å². The third-order valence-electron chi connectivity index (χ3n) is 5.47. The second kappa shape index (κ2) is 6.52. The first kappa shape index (κ1) is 16.5. The lowest BCUT2D eigenvalue weighted by atomic mass is 9.64. The second-order valence-electron chi connectivity index (χ2n) is 8.25. The van der Waals surface area contributed by atoms with Gasteiger partial charge in [0.1, 0.15) is 0 Å². The van der Waals surface area contributed by atoms with Crippen LogP contribution in [0.3, 0.4) is 0 Å². The first-order chi connectivity index (χ1) is 9.79. The fraction of sp³-hybridized carbons (Fsp3) is 0.700. The van der Waals surface area contributed by atoms with Crippen LogP contribution in [-0.2, 0) is 6.42 Å². The van der Waals surface area contributed by atoms with Crippen molar-refractivity contribution in [3.63, 3.8) is 0 Å². The molecule has 1 heteroatoms. The number of nitrogens with two attached hydrogens (primary N) is 1. The van der Waals surface area contributed by atoms with Crippen LogP contribution in [-0.4, -0.2) is 6.04 Å². The molecule has 118 valence electrons. The molecule has 0 spiro atoms. The molecule has 1 aliphatic carbocycles. The lowest BCUT2D eigenvalue weighted by molar-refractivity contribution is 0.113. The maximum atomic E-state index is 6.47. The molecule has 3 atom stereocenters. The molecule has 3 unspecified atom stereocenters. The van der Waals surface area contributed by atoms with Crippen molar-refractivity contribution in [2.45, 2.75) is 72.3 Å². The van der Waals surface area contributed by atoms with Gasteiger partial charge in [0, 0.05) is 6.04 Å². The minimum Gasteiger partial charge on any atom is -0.327 e. The Bertz CT molecular complexity index is 443. The lowest BCUT2D eigenvalue weighted by Crippen LogP contribution is -2.44. The minimum atomic E-state index is 0.291. The zero-order valence-corrected chi connectivity index (χ0v) is 14.5. The van der Waals surface area contributed by atoms with Gasteiger partial charge < -0.3 is 5.73 Å². The average molecular weight is 287 g/mol. The molecule has 0 radical (unpaired) electrons. The van der Waals surface area contributed by atoms with Crippen molar-refractivity contribution in [3.05, 3.63) is 35.4 Å². The van der Waals surface area contributed by atoms with E-state index in [1.54, 1.807) is 0 Å². The van der Waals surface area contributed by atoms with E-state index in [4.69, 9.17) is 5.73 Å². The van der Waals surface area contributed by atoms with Crippen LogP contribution in [0.15, 0.2) is 24.3 Å². The molecule has 0 bridgehead atoms. The molecule has 1 nitrogen and oxygen atoms in total. The minimum absolute atomic E-state index is 0.291. The summed E-state index contributed by atoms with van der Waals surface area (Å²) in [4.78, 5) is 0. The fourth-order valence-corrected chi connectivity index (χ4v) is 4.07. The highest BCUT2D eigenvalue weighted by Crippen LogP contribution is 2.41. The van der Waals surface area contributed by atoms with Crippen molar-refractivity contribution in [2.75, 3.05) is 0 Å². The molecular weight excluding hydrogens is 254 g/mol. The monoisotopic (exact) mass is 287 g/mol. The Balaban J connectivity index is 2.06. The summed E-state index contributed by atoms with van der Waals surface area (Å²) in [6.07, 6.45) is 4.96.